The van der Waals surface area contributed by atoms with Crippen LogP contribution in [0.2, 0.25) is 0 Å². The first-order chi connectivity index (χ1) is 11.4. The highest BCUT2D eigenvalue weighted by molar-refractivity contribution is 7.90. The summed E-state index contributed by atoms with van der Waals surface area (Å²) in [6.07, 6.45) is 1.01. The smallest absolute Gasteiger partial charge is 0.339 e. The van der Waals surface area contributed by atoms with Crippen molar-refractivity contribution in [3.63, 3.8) is 0 Å². The number of rotatable bonds is 6. The normalized spacial score (nSPS) is 10.9. The van der Waals surface area contributed by atoms with E-state index in [2.05, 4.69) is 0 Å². The van der Waals surface area contributed by atoms with Gasteiger partial charge in [-0.05, 0) is 24.3 Å². The average molecular weight is 348 g/mol. The lowest BCUT2D eigenvalue weighted by Crippen LogP contribution is -2.16. The summed E-state index contributed by atoms with van der Waals surface area (Å²) in [5.74, 6) is -1.31. The van der Waals surface area contributed by atoms with E-state index in [-0.39, 0.29) is 23.7 Å². The third-order valence-corrected chi connectivity index (χ3v) is 4.22. The SMILES string of the molecule is CS(=O)(=O)c1ccccc1C(=O)OCCOC(=O)c1ccccc1. The highest BCUT2D eigenvalue weighted by atomic mass is 32.2. The maximum atomic E-state index is 12.0. The molecule has 0 spiro atoms. The Hall–Kier alpha value is -2.67. The number of hydrogen-bond acceptors (Lipinski definition) is 6. The fourth-order valence-corrected chi connectivity index (χ4v) is 2.84. The minimum atomic E-state index is -3.54. The molecule has 2 aromatic rings. The van der Waals surface area contributed by atoms with Crippen molar-refractivity contribution in [1.82, 2.24) is 0 Å². The topological polar surface area (TPSA) is 86.7 Å². The lowest BCUT2D eigenvalue weighted by atomic mass is 10.2. The molecule has 0 unspecified atom stereocenters. The third kappa shape index (κ3) is 4.66. The van der Waals surface area contributed by atoms with Crippen LogP contribution in [0.3, 0.4) is 0 Å². The highest BCUT2D eigenvalue weighted by Crippen LogP contribution is 2.16. The Balaban J connectivity index is 1.90. The Morgan fingerprint density at radius 2 is 1.38 bits per heavy atom. The van der Waals surface area contributed by atoms with Gasteiger partial charge in [-0.3, -0.25) is 0 Å². The number of esters is 2. The van der Waals surface area contributed by atoms with Crippen molar-refractivity contribution in [2.45, 2.75) is 4.90 Å². The zero-order valence-electron chi connectivity index (χ0n) is 13.0. The Morgan fingerprint density at radius 1 is 0.833 bits per heavy atom. The molecule has 126 valence electrons. The zero-order chi connectivity index (χ0) is 17.6. The van der Waals surface area contributed by atoms with E-state index < -0.39 is 21.8 Å². The summed E-state index contributed by atoms with van der Waals surface area (Å²) in [4.78, 5) is 23.6. The van der Waals surface area contributed by atoms with E-state index in [1.54, 1.807) is 36.4 Å². The van der Waals surface area contributed by atoms with Gasteiger partial charge in [-0.15, -0.1) is 0 Å². The molecule has 7 heteroatoms. The van der Waals surface area contributed by atoms with Crippen molar-refractivity contribution in [1.29, 1.82) is 0 Å². The molecule has 2 rings (SSSR count). The monoisotopic (exact) mass is 348 g/mol. The Morgan fingerprint density at radius 3 is 2.00 bits per heavy atom. The van der Waals surface area contributed by atoms with Gasteiger partial charge in [0.25, 0.3) is 0 Å². The molecule has 6 nitrogen and oxygen atoms in total. The van der Waals surface area contributed by atoms with Crippen LogP contribution in [0.25, 0.3) is 0 Å². The largest absolute Gasteiger partial charge is 0.458 e. The summed E-state index contributed by atoms with van der Waals surface area (Å²) in [6.45, 7) is -0.296. The molecule has 0 aromatic heterocycles. The van der Waals surface area contributed by atoms with Crippen LogP contribution in [0.5, 0.6) is 0 Å². The van der Waals surface area contributed by atoms with E-state index in [0.717, 1.165) is 6.26 Å². The van der Waals surface area contributed by atoms with Gasteiger partial charge < -0.3 is 9.47 Å². The van der Waals surface area contributed by atoms with Crippen LogP contribution < -0.4 is 0 Å². The molecular formula is C17H16O6S. The summed E-state index contributed by atoms with van der Waals surface area (Å²) in [5.41, 5.74) is 0.348. The van der Waals surface area contributed by atoms with Crippen LogP contribution in [0.15, 0.2) is 59.5 Å². The van der Waals surface area contributed by atoms with Crippen LogP contribution in [0, 0.1) is 0 Å². The Labute approximate surface area is 139 Å². The first kappa shape index (κ1) is 17.7. The van der Waals surface area contributed by atoms with Gasteiger partial charge in [0.2, 0.25) is 0 Å². The summed E-state index contributed by atoms with van der Waals surface area (Å²) in [5, 5.41) is 0. The van der Waals surface area contributed by atoms with E-state index in [1.807, 2.05) is 0 Å². The molecule has 0 fully saturated rings. The van der Waals surface area contributed by atoms with E-state index >= 15 is 0 Å². The molecular weight excluding hydrogens is 332 g/mol. The van der Waals surface area contributed by atoms with E-state index in [9.17, 15) is 18.0 Å². The van der Waals surface area contributed by atoms with Crippen LogP contribution in [-0.2, 0) is 19.3 Å². The lowest BCUT2D eigenvalue weighted by molar-refractivity contribution is 0.0263. The first-order valence-corrected chi connectivity index (χ1v) is 8.97. The molecule has 0 saturated heterocycles. The number of carbonyl (C=O) groups is 2. The fourth-order valence-electron chi connectivity index (χ4n) is 1.96. The molecule has 0 saturated carbocycles. The van der Waals surface area contributed by atoms with Gasteiger partial charge in [-0.2, -0.15) is 0 Å². The number of carbonyl (C=O) groups excluding carboxylic acids is 2. The first-order valence-electron chi connectivity index (χ1n) is 7.08. The number of ether oxygens (including phenoxy) is 2. The fraction of sp³-hybridized carbons (Fsp3) is 0.176. The standard InChI is InChI=1S/C17H16O6S/c1-24(20,21)15-10-6-5-9-14(15)17(19)23-12-11-22-16(18)13-7-3-2-4-8-13/h2-10H,11-12H2,1H3. The summed E-state index contributed by atoms with van der Waals surface area (Å²) in [7, 11) is -3.54. The second kappa shape index (κ2) is 7.74. The van der Waals surface area contributed by atoms with Crippen LogP contribution >= 0.6 is 0 Å². The van der Waals surface area contributed by atoms with E-state index in [1.165, 1.54) is 18.2 Å². The number of benzene rings is 2. The second-order valence-corrected chi connectivity index (χ2v) is 6.89. The molecule has 0 aliphatic carbocycles. The van der Waals surface area contributed by atoms with Crippen molar-refractivity contribution in [2.75, 3.05) is 19.5 Å². The van der Waals surface area contributed by atoms with Crippen molar-refractivity contribution in [2.24, 2.45) is 0 Å². The summed E-state index contributed by atoms with van der Waals surface area (Å²) in [6, 6.07) is 14.2. The van der Waals surface area contributed by atoms with Gasteiger partial charge in [0, 0.05) is 6.26 Å². The Kier molecular flexibility index (Phi) is 5.70. The molecule has 0 atom stereocenters. The summed E-state index contributed by atoms with van der Waals surface area (Å²) >= 11 is 0. The molecule has 0 aliphatic heterocycles. The number of sulfone groups is 1. The number of hydrogen-bond donors (Lipinski definition) is 0. The molecule has 2 aromatic carbocycles. The van der Waals surface area contributed by atoms with Gasteiger partial charge in [0.05, 0.1) is 16.0 Å². The molecule has 0 amide bonds. The average Bonchev–Trinajstić information content (AvgIpc) is 2.58. The van der Waals surface area contributed by atoms with Gasteiger partial charge in [0.1, 0.15) is 13.2 Å². The van der Waals surface area contributed by atoms with Gasteiger partial charge in [-0.25, -0.2) is 18.0 Å². The van der Waals surface area contributed by atoms with Crippen molar-refractivity contribution < 1.29 is 27.5 Å². The van der Waals surface area contributed by atoms with Gasteiger partial charge in [-0.1, -0.05) is 30.3 Å². The van der Waals surface area contributed by atoms with Crippen LogP contribution in [0.1, 0.15) is 20.7 Å². The van der Waals surface area contributed by atoms with Crippen molar-refractivity contribution >= 4 is 21.8 Å². The van der Waals surface area contributed by atoms with E-state index in [0.29, 0.717) is 5.56 Å². The molecule has 24 heavy (non-hydrogen) atoms. The van der Waals surface area contributed by atoms with Gasteiger partial charge >= 0.3 is 11.9 Å². The molecule has 0 heterocycles. The predicted molar refractivity (Wildman–Crippen MR) is 86.6 cm³/mol. The molecule has 0 bridgehead atoms. The minimum Gasteiger partial charge on any atom is -0.458 e. The summed E-state index contributed by atoms with van der Waals surface area (Å²) < 4.78 is 33.3. The molecule has 0 aliphatic rings. The molecule has 0 radical (unpaired) electrons. The zero-order valence-corrected chi connectivity index (χ0v) is 13.8. The van der Waals surface area contributed by atoms with Crippen molar-refractivity contribution in [3.8, 4) is 0 Å². The minimum absolute atomic E-state index is 0.0469. The predicted octanol–water partition coefficient (Wildman–Crippen LogP) is 2.10. The lowest BCUT2D eigenvalue weighted by Gasteiger charge is -2.09. The van der Waals surface area contributed by atoms with Gasteiger partial charge in [0.15, 0.2) is 9.84 Å². The van der Waals surface area contributed by atoms with E-state index in [4.69, 9.17) is 9.47 Å². The Bertz CT molecular complexity index is 827. The maximum absolute atomic E-state index is 12.0. The highest BCUT2D eigenvalue weighted by Gasteiger charge is 2.19. The second-order valence-electron chi connectivity index (χ2n) is 4.91. The third-order valence-electron chi connectivity index (χ3n) is 3.07. The van der Waals surface area contributed by atoms with Crippen LogP contribution in [-0.4, -0.2) is 39.8 Å². The molecule has 0 N–H and O–H groups in total. The quantitative estimate of drug-likeness (QED) is 0.587. The van der Waals surface area contributed by atoms with Crippen molar-refractivity contribution in [3.05, 3.63) is 65.7 Å². The maximum Gasteiger partial charge on any atom is 0.339 e. The van der Waals surface area contributed by atoms with Crippen LogP contribution in [0.4, 0.5) is 0 Å².